The van der Waals surface area contributed by atoms with E-state index >= 15 is 0 Å². The minimum Gasteiger partial charge on any atom is -0.379 e. The molecule has 31 heavy (non-hydrogen) atoms. The molecule has 10 heteroatoms. The number of morpholine rings is 1. The SMILES string of the molecule is O=C(c1ccc(S(=O)(=O)N2CCOCC2)cc1)N1CCCC1c1nnc2ccccn12. The average Bonchev–Trinajstić information content (AvgIpc) is 3.46. The van der Waals surface area contributed by atoms with Crippen LogP contribution >= 0.6 is 0 Å². The predicted molar refractivity (Wildman–Crippen MR) is 112 cm³/mol. The Balaban J connectivity index is 1.38. The highest BCUT2D eigenvalue weighted by molar-refractivity contribution is 7.89. The van der Waals surface area contributed by atoms with Gasteiger partial charge in [0.15, 0.2) is 11.5 Å². The Kier molecular flexibility index (Phi) is 5.20. The van der Waals surface area contributed by atoms with E-state index in [4.69, 9.17) is 4.74 Å². The summed E-state index contributed by atoms with van der Waals surface area (Å²) in [7, 11) is -3.59. The molecule has 9 nitrogen and oxygen atoms in total. The zero-order valence-electron chi connectivity index (χ0n) is 16.9. The number of carbonyl (C=O) groups is 1. The molecule has 2 saturated heterocycles. The summed E-state index contributed by atoms with van der Waals surface area (Å²) in [4.78, 5) is 15.2. The van der Waals surface area contributed by atoms with Crippen molar-refractivity contribution in [1.82, 2.24) is 23.8 Å². The maximum atomic E-state index is 13.2. The van der Waals surface area contributed by atoms with Crippen molar-refractivity contribution in [2.45, 2.75) is 23.8 Å². The van der Waals surface area contributed by atoms with Crippen molar-refractivity contribution in [3.05, 3.63) is 60.0 Å². The molecule has 0 radical (unpaired) electrons. The Morgan fingerprint density at radius 3 is 2.55 bits per heavy atom. The number of amides is 1. The maximum Gasteiger partial charge on any atom is 0.254 e. The highest BCUT2D eigenvalue weighted by atomic mass is 32.2. The molecule has 2 aromatic heterocycles. The molecule has 1 unspecified atom stereocenters. The average molecular weight is 442 g/mol. The fraction of sp³-hybridized carbons (Fsp3) is 0.381. The molecule has 0 N–H and O–H groups in total. The number of hydrogen-bond acceptors (Lipinski definition) is 6. The maximum absolute atomic E-state index is 13.2. The van der Waals surface area contributed by atoms with Crippen LogP contribution in [0.3, 0.4) is 0 Å². The first kappa shape index (κ1) is 20.1. The lowest BCUT2D eigenvalue weighted by Crippen LogP contribution is -2.40. The lowest BCUT2D eigenvalue weighted by molar-refractivity contribution is 0.0728. The number of sulfonamides is 1. The van der Waals surface area contributed by atoms with E-state index < -0.39 is 10.0 Å². The topological polar surface area (TPSA) is 97.1 Å². The van der Waals surface area contributed by atoms with Crippen LogP contribution in [0.4, 0.5) is 0 Å². The van der Waals surface area contributed by atoms with Gasteiger partial charge in [-0.2, -0.15) is 4.31 Å². The van der Waals surface area contributed by atoms with Gasteiger partial charge in [-0.05, 0) is 49.2 Å². The normalized spacial score (nSPS) is 20.4. The minimum absolute atomic E-state index is 0.134. The number of fused-ring (bicyclic) bond motifs is 1. The van der Waals surface area contributed by atoms with Gasteiger partial charge in [0.2, 0.25) is 10.0 Å². The number of likely N-dealkylation sites (tertiary alicyclic amines) is 1. The summed E-state index contributed by atoms with van der Waals surface area (Å²) in [6.07, 6.45) is 3.59. The van der Waals surface area contributed by atoms with E-state index in [1.54, 1.807) is 17.0 Å². The monoisotopic (exact) mass is 441 g/mol. The third kappa shape index (κ3) is 3.60. The standard InChI is InChI=1S/C21H23N5O4S/c27-21(16-6-8-17(9-7-16)31(28,29)24-12-14-30-15-13-24)25-11-3-4-18(25)20-23-22-19-5-1-2-10-26(19)20/h1-2,5-10,18H,3-4,11-15H2. The Bertz CT molecular complexity index is 1200. The molecule has 0 saturated carbocycles. The summed E-state index contributed by atoms with van der Waals surface area (Å²) in [5.74, 6) is 0.610. The van der Waals surface area contributed by atoms with E-state index in [0.717, 1.165) is 24.3 Å². The molecule has 1 atom stereocenters. The van der Waals surface area contributed by atoms with Crippen molar-refractivity contribution in [2.75, 3.05) is 32.8 Å². The third-order valence-electron chi connectivity index (χ3n) is 5.86. The van der Waals surface area contributed by atoms with Crippen LogP contribution in [-0.2, 0) is 14.8 Å². The van der Waals surface area contributed by atoms with Gasteiger partial charge in [0, 0.05) is 31.4 Å². The van der Waals surface area contributed by atoms with Crippen LogP contribution < -0.4 is 0 Å². The van der Waals surface area contributed by atoms with Crippen LogP contribution in [0.15, 0.2) is 53.6 Å². The molecule has 3 aromatic rings. The Hall–Kier alpha value is -2.82. The minimum atomic E-state index is -3.59. The molecule has 0 spiro atoms. The van der Waals surface area contributed by atoms with Crippen LogP contribution in [0.25, 0.3) is 5.65 Å². The molecule has 0 aliphatic carbocycles. The number of benzene rings is 1. The van der Waals surface area contributed by atoms with Gasteiger partial charge in [0.25, 0.3) is 5.91 Å². The molecule has 2 aliphatic rings. The summed E-state index contributed by atoms with van der Waals surface area (Å²) in [5.41, 5.74) is 1.20. The van der Waals surface area contributed by atoms with Crippen molar-refractivity contribution in [2.24, 2.45) is 0 Å². The highest BCUT2D eigenvalue weighted by Gasteiger charge is 2.34. The van der Waals surface area contributed by atoms with Crippen LogP contribution in [0, 0.1) is 0 Å². The Morgan fingerprint density at radius 1 is 1.00 bits per heavy atom. The molecule has 5 rings (SSSR count). The highest BCUT2D eigenvalue weighted by Crippen LogP contribution is 2.32. The smallest absolute Gasteiger partial charge is 0.254 e. The van der Waals surface area contributed by atoms with Crippen molar-refractivity contribution in [3.8, 4) is 0 Å². The summed E-state index contributed by atoms with van der Waals surface area (Å²) in [5, 5.41) is 8.53. The van der Waals surface area contributed by atoms with Gasteiger partial charge in [-0.1, -0.05) is 6.07 Å². The quantitative estimate of drug-likeness (QED) is 0.612. The lowest BCUT2D eigenvalue weighted by atomic mass is 10.1. The molecule has 4 heterocycles. The summed E-state index contributed by atoms with van der Waals surface area (Å²) >= 11 is 0. The van der Waals surface area contributed by atoms with Crippen LogP contribution in [0.2, 0.25) is 0 Å². The number of nitrogens with zero attached hydrogens (tertiary/aromatic N) is 5. The predicted octanol–water partition coefficient (Wildman–Crippen LogP) is 1.73. The molecule has 1 amide bonds. The number of carbonyl (C=O) groups excluding carboxylic acids is 1. The first-order valence-corrected chi connectivity index (χ1v) is 11.8. The largest absolute Gasteiger partial charge is 0.379 e. The van der Waals surface area contributed by atoms with E-state index in [-0.39, 0.29) is 16.8 Å². The zero-order chi connectivity index (χ0) is 21.4. The fourth-order valence-electron chi connectivity index (χ4n) is 4.24. The van der Waals surface area contributed by atoms with Crippen LogP contribution in [0.1, 0.15) is 35.1 Å². The molecule has 2 fully saturated rings. The van der Waals surface area contributed by atoms with Crippen LogP contribution in [-0.4, -0.2) is 71.0 Å². The van der Waals surface area contributed by atoms with Gasteiger partial charge in [0.05, 0.1) is 24.2 Å². The Labute approximate surface area is 180 Å². The molecular formula is C21H23N5O4S. The molecule has 2 aliphatic heterocycles. The van der Waals surface area contributed by atoms with Crippen molar-refractivity contribution >= 4 is 21.6 Å². The van der Waals surface area contributed by atoms with Gasteiger partial charge in [0.1, 0.15) is 0 Å². The number of hydrogen-bond donors (Lipinski definition) is 0. The molecular weight excluding hydrogens is 418 g/mol. The van der Waals surface area contributed by atoms with Gasteiger partial charge in [-0.3, -0.25) is 9.20 Å². The third-order valence-corrected chi connectivity index (χ3v) is 7.77. The van der Waals surface area contributed by atoms with E-state index in [0.29, 0.717) is 38.4 Å². The van der Waals surface area contributed by atoms with E-state index in [1.807, 2.05) is 28.8 Å². The van der Waals surface area contributed by atoms with Crippen LogP contribution in [0.5, 0.6) is 0 Å². The first-order valence-electron chi connectivity index (χ1n) is 10.3. The summed E-state index contributed by atoms with van der Waals surface area (Å²) < 4.78 is 34.2. The first-order chi connectivity index (χ1) is 15.1. The summed E-state index contributed by atoms with van der Waals surface area (Å²) in [6, 6.07) is 11.7. The lowest BCUT2D eigenvalue weighted by Gasteiger charge is -2.26. The summed E-state index contributed by atoms with van der Waals surface area (Å²) in [6.45, 7) is 2.08. The number of ether oxygens (including phenoxy) is 1. The zero-order valence-corrected chi connectivity index (χ0v) is 17.7. The Morgan fingerprint density at radius 2 is 1.77 bits per heavy atom. The number of aromatic nitrogens is 3. The van der Waals surface area contributed by atoms with Gasteiger partial charge >= 0.3 is 0 Å². The molecule has 162 valence electrons. The second-order valence-corrected chi connectivity index (χ2v) is 9.62. The number of pyridine rings is 1. The molecule has 0 bridgehead atoms. The van der Waals surface area contributed by atoms with Crippen molar-refractivity contribution in [3.63, 3.8) is 0 Å². The van der Waals surface area contributed by atoms with Crippen molar-refractivity contribution in [1.29, 1.82) is 0 Å². The second kappa shape index (κ2) is 8.03. The van der Waals surface area contributed by atoms with Crippen molar-refractivity contribution < 1.29 is 17.9 Å². The van der Waals surface area contributed by atoms with E-state index in [2.05, 4.69) is 10.2 Å². The van der Waals surface area contributed by atoms with Gasteiger partial charge < -0.3 is 9.64 Å². The fourth-order valence-corrected chi connectivity index (χ4v) is 5.64. The number of rotatable bonds is 4. The van der Waals surface area contributed by atoms with E-state index in [1.165, 1.54) is 16.4 Å². The molecule has 1 aromatic carbocycles. The van der Waals surface area contributed by atoms with Gasteiger partial charge in [-0.25, -0.2) is 8.42 Å². The second-order valence-electron chi connectivity index (χ2n) is 7.68. The van der Waals surface area contributed by atoms with Gasteiger partial charge in [-0.15, -0.1) is 10.2 Å². The van der Waals surface area contributed by atoms with E-state index in [9.17, 15) is 13.2 Å².